The number of amides is 1. The molecule has 1 fully saturated rings. The molecule has 4 N–H and O–H groups in total. The van der Waals surface area contributed by atoms with Gasteiger partial charge in [0.05, 0.1) is 23.6 Å². The number of benzene rings is 3. The van der Waals surface area contributed by atoms with E-state index in [9.17, 15) is 29.0 Å². The van der Waals surface area contributed by atoms with Crippen LogP contribution in [0.4, 0.5) is 10.1 Å². The van der Waals surface area contributed by atoms with Gasteiger partial charge in [-0.15, -0.1) is 0 Å². The molecule has 0 radical (unpaired) electrons. The van der Waals surface area contributed by atoms with Crippen LogP contribution in [0, 0.1) is 5.82 Å². The lowest BCUT2D eigenvalue weighted by Gasteiger charge is -2.12. The van der Waals surface area contributed by atoms with Crippen LogP contribution in [0.1, 0.15) is 49.1 Å². The van der Waals surface area contributed by atoms with Crippen LogP contribution in [0.5, 0.6) is 11.5 Å². The van der Waals surface area contributed by atoms with Gasteiger partial charge in [-0.3, -0.25) is 14.4 Å². The van der Waals surface area contributed by atoms with Crippen molar-refractivity contribution < 1.29 is 38.8 Å². The minimum absolute atomic E-state index is 0.0640. The van der Waals surface area contributed by atoms with Gasteiger partial charge in [-0.1, -0.05) is 31.0 Å². The minimum atomic E-state index is -0.955. The van der Waals surface area contributed by atoms with Crippen molar-refractivity contribution in [2.45, 2.75) is 38.0 Å². The Morgan fingerprint density at radius 1 is 1.05 bits per heavy atom. The molecule has 1 aliphatic rings. The predicted octanol–water partition coefficient (Wildman–Crippen LogP) is 6.30. The summed E-state index contributed by atoms with van der Waals surface area (Å²) < 4.78 is 19.3. The van der Waals surface area contributed by atoms with Crippen molar-refractivity contribution in [3.63, 3.8) is 0 Å². The monoisotopic (exact) mass is 592 g/mol. The molecule has 3 aromatic rings. The lowest BCUT2D eigenvalue weighted by Crippen LogP contribution is -2.19. The normalized spacial score (nSPS) is 15.5. The van der Waals surface area contributed by atoms with Gasteiger partial charge in [-0.2, -0.15) is 0 Å². The van der Waals surface area contributed by atoms with Crippen LogP contribution in [-0.2, 0) is 14.4 Å². The second-order valence-corrected chi connectivity index (χ2v) is 10.6. The zero-order chi connectivity index (χ0) is 30.2. The maximum absolute atomic E-state index is 13.9. The standard InChI is InChI=1S/C31H29FN2O7S/c1-41-26-14-10-21(32)17-24(26)19-9-13-25(35)20(15-19)16-27-29(38)34-31(42-27)33-22-11-7-18(8-12-22)23(30(39)40)5-3-2-4-6-28(36)37/h7-17,23,35H,2-6H2,1H3,(H,36,37)(H,39,40)(H,33,34,38). The zero-order valence-electron chi connectivity index (χ0n) is 22.7. The number of phenolic OH excluding ortho intramolecular Hbond substituents is 1. The molecule has 1 heterocycles. The molecule has 1 saturated heterocycles. The maximum Gasteiger partial charge on any atom is 0.310 e. The molecule has 1 unspecified atom stereocenters. The average Bonchev–Trinajstić information content (AvgIpc) is 3.30. The minimum Gasteiger partial charge on any atom is -0.507 e. The number of unbranched alkanes of at least 4 members (excludes halogenated alkanes) is 2. The SMILES string of the molecule is COc1ccc(F)cc1-c1ccc(O)c(C=C2SC(=Nc3ccc(C(CCCCCC(=O)O)C(=O)O)cc3)NC2=O)c1. The Bertz CT molecular complexity index is 1550. The lowest BCUT2D eigenvalue weighted by molar-refractivity contribution is -0.139. The lowest BCUT2D eigenvalue weighted by atomic mass is 9.93. The highest BCUT2D eigenvalue weighted by Crippen LogP contribution is 2.36. The number of phenols is 1. The number of methoxy groups -OCH3 is 1. The van der Waals surface area contributed by atoms with Crippen molar-refractivity contribution in [2.24, 2.45) is 4.99 Å². The molecular weight excluding hydrogens is 563 g/mol. The van der Waals surface area contributed by atoms with E-state index in [4.69, 9.17) is 9.84 Å². The first-order valence-corrected chi connectivity index (χ1v) is 14.0. The first kappa shape index (κ1) is 30.3. The van der Waals surface area contributed by atoms with E-state index in [0.29, 0.717) is 64.5 Å². The number of aliphatic imine (C=N–C) groups is 1. The molecule has 0 aliphatic carbocycles. The summed E-state index contributed by atoms with van der Waals surface area (Å²) in [7, 11) is 1.48. The van der Waals surface area contributed by atoms with Gasteiger partial charge in [-0.25, -0.2) is 9.38 Å². The summed E-state index contributed by atoms with van der Waals surface area (Å²) in [5.74, 6) is -2.99. The highest BCUT2D eigenvalue weighted by Gasteiger charge is 2.25. The number of aromatic hydroxyl groups is 1. The van der Waals surface area contributed by atoms with E-state index >= 15 is 0 Å². The number of rotatable bonds is 12. The summed E-state index contributed by atoms with van der Waals surface area (Å²) in [4.78, 5) is 39.9. The molecule has 0 aromatic heterocycles. The average molecular weight is 593 g/mol. The molecule has 1 atom stereocenters. The molecule has 0 saturated carbocycles. The van der Waals surface area contributed by atoms with Crippen molar-refractivity contribution in [2.75, 3.05) is 7.11 Å². The van der Waals surface area contributed by atoms with Crippen LogP contribution >= 0.6 is 11.8 Å². The molecule has 0 spiro atoms. The van der Waals surface area contributed by atoms with Gasteiger partial charge >= 0.3 is 11.9 Å². The number of hydrogen-bond donors (Lipinski definition) is 4. The van der Waals surface area contributed by atoms with E-state index in [1.807, 2.05) is 0 Å². The van der Waals surface area contributed by atoms with Gasteiger partial charge in [0.2, 0.25) is 0 Å². The Kier molecular flexibility index (Phi) is 9.98. The molecule has 218 valence electrons. The van der Waals surface area contributed by atoms with Gasteiger partial charge in [0.25, 0.3) is 5.91 Å². The highest BCUT2D eigenvalue weighted by molar-refractivity contribution is 8.18. The number of carbonyl (C=O) groups excluding carboxylic acids is 1. The van der Waals surface area contributed by atoms with Crippen LogP contribution in [0.15, 0.2) is 70.6 Å². The highest BCUT2D eigenvalue weighted by atomic mass is 32.2. The summed E-state index contributed by atoms with van der Waals surface area (Å²) >= 11 is 1.08. The van der Waals surface area contributed by atoms with Crippen LogP contribution in [0.3, 0.4) is 0 Å². The molecule has 1 aliphatic heterocycles. The zero-order valence-corrected chi connectivity index (χ0v) is 23.5. The Balaban J connectivity index is 1.47. The van der Waals surface area contributed by atoms with Crippen LogP contribution < -0.4 is 10.1 Å². The fraction of sp³-hybridized carbons (Fsp3) is 0.226. The van der Waals surface area contributed by atoms with E-state index in [2.05, 4.69) is 10.3 Å². The number of halogens is 1. The summed E-state index contributed by atoms with van der Waals surface area (Å²) in [5.41, 5.74) is 2.56. The van der Waals surface area contributed by atoms with Gasteiger partial charge < -0.3 is 25.4 Å². The van der Waals surface area contributed by atoms with E-state index in [1.54, 1.807) is 36.4 Å². The topological polar surface area (TPSA) is 146 Å². The van der Waals surface area contributed by atoms with Crippen molar-refractivity contribution in [3.05, 3.63) is 82.5 Å². The molecule has 3 aromatic carbocycles. The third-order valence-electron chi connectivity index (χ3n) is 6.65. The molecule has 4 rings (SSSR count). The number of thioether (sulfide) groups is 1. The number of nitrogens with one attached hydrogen (secondary N) is 1. The number of carboxylic acids is 2. The fourth-order valence-electron chi connectivity index (χ4n) is 4.50. The smallest absolute Gasteiger partial charge is 0.310 e. The summed E-state index contributed by atoms with van der Waals surface area (Å²) in [5, 5.41) is 31.8. The Morgan fingerprint density at radius 2 is 1.81 bits per heavy atom. The third kappa shape index (κ3) is 7.76. The van der Waals surface area contributed by atoms with Gasteiger partial charge in [0.15, 0.2) is 5.17 Å². The van der Waals surface area contributed by atoms with E-state index < -0.39 is 29.6 Å². The molecule has 1 amide bonds. The summed E-state index contributed by atoms with van der Waals surface area (Å²) in [6.45, 7) is 0. The predicted molar refractivity (Wildman–Crippen MR) is 158 cm³/mol. The molecule has 9 nitrogen and oxygen atoms in total. The Morgan fingerprint density at radius 3 is 2.50 bits per heavy atom. The van der Waals surface area contributed by atoms with Gasteiger partial charge in [0, 0.05) is 17.5 Å². The molecular formula is C31H29FN2O7S. The number of carboxylic acid groups (broad SMARTS) is 2. The van der Waals surface area contributed by atoms with E-state index in [-0.39, 0.29) is 17.1 Å². The van der Waals surface area contributed by atoms with Gasteiger partial charge in [-0.05, 0) is 84.3 Å². The van der Waals surface area contributed by atoms with Crippen molar-refractivity contribution >= 4 is 46.5 Å². The largest absolute Gasteiger partial charge is 0.507 e. The van der Waals surface area contributed by atoms with E-state index in [1.165, 1.54) is 37.5 Å². The summed E-state index contributed by atoms with van der Waals surface area (Å²) in [6.07, 6.45) is 3.71. The second kappa shape index (κ2) is 13.8. The quantitative estimate of drug-likeness (QED) is 0.142. The molecule has 0 bridgehead atoms. The molecule has 11 heteroatoms. The van der Waals surface area contributed by atoms with Crippen molar-refractivity contribution in [1.29, 1.82) is 0 Å². The van der Waals surface area contributed by atoms with Crippen LogP contribution in [-0.4, -0.2) is 45.4 Å². The van der Waals surface area contributed by atoms with Crippen LogP contribution in [0.2, 0.25) is 0 Å². The van der Waals surface area contributed by atoms with E-state index in [0.717, 1.165) is 11.8 Å². The second-order valence-electron chi connectivity index (χ2n) is 9.58. The number of carbonyl (C=O) groups is 3. The fourth-order valence-corrected chi connectivity index (χ4v) is 5.33. The Hall–Kier alpha value is -4.64. The first-order valence-electron chi connectivity index (χ1n) is 13.2. The van der Waals surface area contributed by atoms with Crippen molar-refractivity contribution in [1.82, 2.24) is 5.32 Å². The third-order valence-corrected chi connectivity index (χ3v) is 7.56. The number of amidine groups is 1. The summed E-state index contributed by atoms with van der Waals surface area (Å²) in [6, 6.07) is 15.5. The van der Waals surface area contributed by atoms with Crippen molar-refractivity contribution in [3.8, 4) is 22.6 Å². The number of hydrogen-bond acceptors (Lipinski definition) is 7. The number of aliphatic carboxylic acids is 2. The maximum atomic E-state index is 13.9. The number of ether oxygens (including phenoxy) is 1. The van der Waals surface area contributed by atoms with Crippen LogP contribution in [0.25, 0.3) is 17.2 Å². The van der Waals surface area contributed by atoms with Gasteiger partial charge in [0.1, 0.15) is 17.3 Å². The number of nitrogens with zero attached hydrogens (tertiary/aromatic N) is 1. The molecule has 42 heavy (non-hydrogen) atoms. The first-order chi connectivity index (χ1) is 20.1. The Labute approximate surface area is 245 Å².